The highest BCUT2D eigenvalue weighted by Crippen LogP contribution is 2.22. The fourth-order valence-corrected chi connectivity index (χ4v) is 2.52. The second kappa shape index (κ2) is 7.31. The van der Waals surface area contributed by atoms with Crippen LogP contribution in [0.1, 0.15) is 16.1 Å². The van der Waals surface area contributed by atoms with Crippen molar-refractivity contribution in [1.29, 1.82) is 0 Å². The first kappa shape index (κ1) is 16.9. The number of fused-ring (bicyclic) bond motifs is 1. The summed E-state index contributed by atoms with van der Waals surface area (Å²) in [4.78, 5) is 17.1. The van der Waals surface area contributed by atoms with E-state index < -0.39 is 0 Å². The monoisotopic (exact) mass is 340 g/mol. The lowest BCUT2D eigenvalue weighted by molar-refractivity contribution is 0.102. The third-order valence-electron chi connectivity index (χ3n) is 3.87. The van der Waals surface area contributed by atoms with Gasteiger partial charge in [-0.15, -0.1) is 0 Å². The number of methoxy groups -OCH3 is 2. The number of nitrogens with zero attached hydrogens (tertiary/aromatic N) is 3. The Kier molecular flexibility index (Phi) is 4.95. The summed E-state index contributed by atoms with van der Waals surface area (Å²) in [6.45, 7) is 3.00. The van der Waals surface area contributed by atoms with E-state index >= 15 is 0 Å². The van der Waals surface area contributed by atoms with E-state index in [-0.39, 0.29) is 5.91 Å². The van der Waals surface area contributed by atoms with E-state index in [0.717, 1.165) is 16.7 Å². The highest BCUT2D eigenvalue weighted by molar-refractivity contribution is 6.06. The van der Waals surface area contributed by atoms with Gasteiger partial charge in [0, 0.05) is 30.8 Å². The summed E-state index contributed by atoms with van der Waals surface area (Å²) >= 11 is 0. The molecular weight excluding hydrogens is 320 g/mol. The normalized spacial score (nSPS) is 10.8. The van der Waals surface area contributed by atoms with Crippen molar-refractivity contribution in [1.82, 2.24) is 14.8 Å². The van der Waals surface area contributed by atoms with Gasteiger partial charge in [0.25, 0.3) is 5.91 Å². The largest absolute Gasteiger partial charge is 0.497 e. The lowest BCUT2D eigenvalue weighted by Crippen LogP contribution is -2.15. The molecule has 1 amide bonds. The molecule has 0 aliphatic heterocycles. The molecule has 1 aromatic carbocycles. The number of amides is 1. The minimum atomic E-state index is -0.236. The van der Waals surface area contributed by atoms with Crippen LogP contribution >= 0.6 is 0 Å². The van der Waals surface area contributed by atoms with Gasteiger partial charge >= 0.3 is 0 Å². The Labute approximate surface area is 145 Å². The average Bonchev–Trinajstić information content (AvgIpc) is 3.05. The maximum Gasteiger partial charge on any atom is 0.258 e. The molecule has 0 saturated carbocycles. The van der Waals surface area contributed by atoms with Crippen molar-refractivity contribution >= 4 is 22.6 Å². The third-order valence-corrected chi connectivity index (χ3v) is 3.87. The first-order valence-corrected chi connectivity index (χ1v) is 7.90. The smallest absolute Gasteiger partial charge is 0.258 e. The Morgan fingerprint density at radius 2 is 2.08 bits per heavy atom. The van der Waals surface area contributed by atoms with Gasteiger partial charge in [-0.25, -0.2) is 0 Å². The third kappa shape index (κ3) is 3.77. The maximum absolute atomic E-state index is 12.6. The average molecular weight is 340 g/mol. The van der Waals surface area contributed by atoms with E-state index in [1.165, 1.54) is 0 Å². The molecule has 7 heteroatoms. The van der Waals surface area contributed by atoms with Crippen LogP contribution in [0.3, 0.4) is 0 Å². The van der Waals surface area contributed by atoms with Gasteiger partial charge in [0.1, 0.15) is 5.75 Å². The summed E-state index contributed by atoms with van der Waals surface area (Å²) in [6, 6.07) is 9.16. The summed E-state index contributed by atoms with van der Waals surface area (Å²) in [6.07, 6.45) is 1.80. The molecule has 0 radical (unpaired) electrons. The fourth-order valence-electron chi connectivity index (χ4n) is 2.52. The van der Waals surface area contributed by atoms with E-state index in [2.05, 4.69) is 15.4 Å². The van der Waals surface area contributed by atoms with Crippen LogP contribution in [0.15, 0.2) is 36.5 Å². The Balaban J connectivity index is 1.81. The molecule has 0 bridgehead atoms. The predicted molar refractivity (Wildman–Crippen MR) is 95.1 cm³/mol. The van der Waals surface area contributed by atoms with Crippen LogP contribution < -0.4 is 10.1 Å². The molecule has 2 aromatic heterocycles. The zero-order valence-electron chi connectivity index (χ0n) is 14.4. The number of carbonyl (C=O) groups is 1. The molecule has 0 atom stereocenters. The van der Waals surface area contributed by atoms with Crippen molar-refractivity contribution in [3.63, 3.8) is 0 Å². The minimum Gasteiger partial charge on any atom is -0.497 e. The van der Waals surface area contributed by atoms with Gasteiger partial charge in [0.2, 0.25) is 0 Å². The molecule has 1 N–H and O–H groups in total. The van der Waals surface area contributed by atoms with E-state index in [1.807, 2.05) is 31.2 Å². The molecule has 25 heavy (non-hydrogen) atoms. The molecule has 0 aliphatic rings. The summed E-state index contributed by atoms with van der Waals surface area (Å²) < 4.78 is 11.9. The standard InChI is InChI=1S/C18H20N4O3/c1-12-15(10-13-4-5-14(25-3)11-16(13)19-12)18(23)20-17-6-7-22(21-17)8-9-24-2/h4-7,10-11H,8-9H2,1-3H3,(H,20,21,23). The van der Waals surface area contributed by atoms with Crippen LogP contribution in [0.5, 0.6) is 5.75 Å². The van der Waals surface area contributed by atoms with Crippen molar-refractivity contribution in [3.8, 4) is 5.75 Å². The summed E-state index contributed by atoms with van der Waals surface area (Å²) in [5.41, 5.74) is 1.96. The van der Waals surface area contributed by atoms with Crippen LogP contribution in [-0.4, -0.2) is 41.5 Å². The minimum absolute atomic E-state index is 0.236. The van der Waals surface area contributed by atoms with Gasteiger partial charge in [0.15, 0.2) is 5.82 Å². The number of aryl methyl sites for hydroxylation is 1. The second-order valence-corrected chi connectivity index (χ2v) is 5.59. The van der Waals surface area contributed by atoms with E-state index in [1.54, 1.807) is 31.2 Å². The van der Waals surface area contributed by atoms with Gasteiger partial charge in [-0.2, -0.15) is 5.10 Å². The number of nitrogens with one attached hydrogen (secondary N) is 1. The number of anilines is 1. The molecule has 130 valence electrons. The number of carbonyl (C=O) groups excluding carboxylic acids is 1. The van der Waals surface area contributed by atoms with Gasteiger partial charge in [-0.1, -0.05) is 0 Å². The maximum atomic E-state index is 12.6. The molecule has 0 aliphatic carbocycles. The van der Waals surface area contributed by atoms with E-state index in [9.17, 15) is 4.79 Å². The molecular formula is C18H20N4O3. The van der Waals surface area contributed by atoms with Gasteiger partial charge < -0.3 is 14.8 Å². The van der Waals surface area contributed by atoms with Crippen LogP contribution in [0.2, 0.25) is 0 Å². The number of hydrogen-bond donors (Lipinski definition) is 1. The highest BCUT2D eigenvalue weighted by atomic mass is 16.5. The fraction of sp³-hybridized carbons (Fsp3) is 0.278. The van der Waals surface area contributed by atoms with Crippen LogP contribution in [0.25, 0.3) is 10.9 Å². The number of aromatic nitrogens is 3. The summed E-state index contributed by atoms with van der Waals surface area (Å²) in [7, 11) is 3.25. The first-order valence-electron chi connectivity index (χ1n) is 7.90. The van der Waals surface area contributed by atoms with Crippen LogP contribution in [0, 0.1) is 6.92 Å². The number of pyridine rings is 1. The Morgan fingerprint density at radius 1 is 1.24 bits per heavy atom. The zero-order chi connectivity index (χ0) is 17.8. The van der Waals surface area contributed by atoms with Crippen molar-refractivity contribution in [2.45, 2.75) is 13.5 Å². The van der Waals surface area contributed by atoms with E-state index in [4.69, 9.17) is 9.47 Å². The molecule has 3 aromatic rings. The molecule has 0 spiro atoms. The lowest BCUT2D eigenvalue weighted by Gasteiger charge is -2.08. The Bertz CT molecular complexity index is 904. The molecule has 0 fully saturated rings. The molecule has 0 unspecified atom stereocenters. The van der Waals surface area contributed by atoms with Crippen LogP contribution in [-0.2, 0) is 11.3 Å². The second-order valence-electron chi connectivity index (χ2n) is 5.59. The zero-order valence-corrected chi connectivity index (χ0v) is 14.4. The topological polar surface area (TPSA) is 78.3 Å². The van der Waals surface area contributed by atoms with Crippen molar-refractivity contribution < 1.29 is 14.3 Å². The summed E-state index contributed by atoms with van der Waals surface area (Å²) in [5.74, 6) is 0.994. The highest BCUT2D eigenvalue weighted by Gasteiger charge is 2.13. The van der Waals surface area contributed by atoms with Crippen molar-refractivity contribution in [3.05, 3.63) is 47.8 Å². The molecule has 7 nitrogen and oxygen atoms in total. The molecule has 0 saturated heterocycles. The van der Waals surface area contributed by atoms with Gasteiger partial charge in [-0.05, 0) is 25.1 Å². The lowest BCUT2D eigenvalue weighted by atomic mass is 10.1. The van der Waals surface area contributed by atoms with E-state index in [0.29, 0.717) is 30.2 Å². The Morgan fingerprint density at radius 3 is 2.84 bits per heavy atom. The van der Waals surface area contributed by atoms with Crippen molar-refractivity contribution in [2.75, 3.05) is 26.1 Å². The quantitative estimate of drug-likeness (QED) is 0.746. The molecule has 3 rings (SSSR count). The predicted octanol–water partition coefficient (Wildman–Crippen LogP) is 2.65. The summed E-state index contributed by atoms with van der Waals surface area (Å²) in [5, 5.41) is 7.98. The first-order chi connectivity index (χ1) is 12.1. The number of ether oxygens (including phenoxy) is 2. The number of hydrogen-bond acceptors (Lipinski definition) is 5. The number of rotatable bonds is 6. The van der Waals surface area contributed by atoms with Crippen molar-refractivity contribution in [2.24, 2.45) is 0 Å². The van der Waals surface area contributed by atoms with Gasteiger partial charge in [-0.3, -0.25) is 14.5 Å². The number of benzene rings is 1. The molecule has 2 heterocycles. The Hall–Kier alpha value is -2.93. The SMILES string of the molecule is COCCn1ccc(NC(=O)c2cc3ccc(OC)cc3nc2C)n1. The van der Waals surface area contributed by atoms with Crippen LogP contribution in [0.4, 0.5) is 5.82 Å². The van der Waals surface area contributed by atoms with Gasteiger partial charge in [0.05, 0.1) is 37.0 Å².